The van der Waals surface area contributed by atoms with E-state index in [2.05, 4.69) is 28.1 Å². The highest BCUT2D eigenvalue weighted by molar-refractivity contribution is 7.60. The summed E-state index contributed by atoms with van der Waals surface area (Å²) in [6.07, 6.45) is 6.21. The van der Waals surface area contributed by atoms with Gasteiger partial charge in [0.25, 0.3) is 0 Å². The third kappa shape index (κ3) is 28.5. The topological polar surface area (TPSA) is 148 Å². The van der Waals surface area contributed by atoms with E-state index in [9.17, 15) is 9.13 Å². The van der Waals surface area contributed by atoms with E-state index in [1.54, 1.807) is 0 Å². The molecule has 6 N–H and O–H groups in total. The summed E-state index contributed by atoms with van der Waals surface area (Å²) in [7, 11) is -10.1. The maximum atomic E-state index is 9.63. The van der Waals surface area contributed by atoms with Gasteiger partial charge in [-0.2, -0.15) is 4.31 Å². The Morgan fingerprint density at radius 3 is 1.38 bits per heavy atom. The third-order valence-corrected chi connectivity index (χ3v) is 3.45. The number of rotatable bonds is 11. The summed E-state index contributed by atoms with van der Waals surface area (Å²) in [5.41, 5.74) is 0. The van der Waals surface area contributed by atoms with Gasteiger partial charge in [-0.05, 0) is 25.9 Å². The summed E-state index contributed by atoms with van der Waals surface area (Å²) in [6.45, 7) is 11.3. The first kappa shape index (κ1) is 22.9. The van der Waals surface area contributed by atoms with Gasteiger partial charge in [-0.15, -0.1) is 13.2 Å². The molecule has 0 aromatic rings. The lowest BCUT2D eigenvalue weighted by molar-refractivity contribution is 0.225. The molecule has 126 valence electrons. The van der Waals surface area contributed by atoms with E-state index in [0.717, 1.165) is 26.2 Å². The van der Waals surface area contributed by atoms with Crippen LogP contribution in [0.5, 0.6) is 0 Å². The quantitative estimate of drug-likeness (QED) is 0.179. The van der Waals surface area contributed by atoms with Crippen molar-refractivity contribution < 1.29 is 33.0 Å². The van der Waals surface area contributed by atoms with Crippen LogP contribution >= 0.6 is 15.6 Å². The van der Waals surface area contributed by atoms with Gasteiger partial charge in [-0.3, -0.25) is 0 Å². The monoisotopic (exact) mass is 346 g/mol. The molecule has 0 aromatic heterocycles. The molecule has 0 aromatic carbocycles. The van der Waals surface area contributed by atoms with Gasteiger partial charge in [-0.25, -0.2) is 9.13 Å². The number of hydrogen-bond acceptors (Lipinski definition) is 5. The summed E-state index contributed by atoms with van der Waals surface area (Å²) in [4.78, 5) is 31.0. The molecular formula is C10H24N2O7P2. The van der Waals surface area contributed by atoms with Gasteiger partial charge in [0.1, 0.15) is 0 Å². The Morgan fingerprint density at radius 1 is 0.857 bits per heavy atom. The second-order valence-corrected chi connectivity index (χ2v) is 6.37. The number of hydrogen-bond donors (Lipinski definition) is 6. The van der Waals surface area contributed by atoms with Crippen molar-refractivity contribution >= 4 is 15.6 Å². The van der Waals surface area contributed by atoms with Crippen molar-refractivity contribution in [2.45, 2.75) is 12.8 Å². The fourth-order valence-corrected chi connectivity index (χ4v) is 2.16. The van der Waals surface area contributed by atoms with E-state index in [-0.39, 0.29) is 0 Å². The lowest BCUT2D eigenvalue weighted by atomic mass is 10.3. The fourth-order valence-electron chi connectivity index (χ4n) is 1.05. The molecule has 0 unspecified atom stereocenters. The first-order chi connectivity index (χ1) is 9.62. The van der Waals surface area contributed by atoms with Gasteiger partial charge in [0.05, 0.1) is 0 Å². The molecule has 0 aliphatic heterocycles. The molecule has 0 saturated heterocycles. The smallest absolute Gasteiger partial charge is 0.313 e. The highest BCUT2D eigenvalue weighted by Gasteiger charge is 2.27. The predicted octanol–water partition coefficient (Wildman–Crippen LogP) is 0.506. The van der Waals surface area contributed by atoms with Crippen LogP contribution in [0.4, 0.5) is 0 Å². The second kappa shape index (κ2) is 13.3. The molecule has 9 nitrogen and oxygen atoms in total. The molecule has 0 fully saturated rings. The minimum absolute atomic E-state index is 0.917. The summed E-state index contributed by atoms with van der Waals surface area (Å²) < 4.78 is 22.2. The maximum absolute atomic E-state index is 9.63. The lowest BCUT2D eigenvalue weighted by Crippen LogP contribution is -2.18. The first-order valence-corrected chi connectivity index (χ1v) is 9.14. The first-order valence-electron chi connectivity index (χ1n) is 6.08. The Hall–Kier alpha value is -0.340. The average Bonchev–Trinajstić information content (AvgIpc) is 2.29. The van der Waals surface area contributed by atoms with Gasteiger partial charge < -0.3 is 30.2 Å². The fraction of sp³-hybridized carbons (Fsp3) is 0.600. The van der Waals surface area contributed by atoms with Gasteiger partial charge >= 0.3 is 15.6 Å². The number of nitrogens with one attached hydrogen (secondary N) is 2. The van der Waals surface area contributed by atoms with Crippen LogP contribution in [0.25, 0.3) is 0 Å². The van der Waals surface area contributed by atoms with Crippen molar-refractivity contribution in [2.75, 3.05) is 26.2 Å². The van der Waals surface area contributed by atoms with Crippen molar-refractivity contribution in [3.8, 4) is 0 Å². The zero-order chi connectivity index (χ0) is 16.8. The zero-order valence-electron chi connectivity index (χ0n) is 11.7. The molecule has 0 saturated carbocycles. The van der Waals surface area contributed by atoms with Crippen molar-refractivity contribution in [3.05, 3.63) is 25.3 Å². The molecule has 0 rings (SSSR count). The van der Waals surface area contributed by atoms with Gasteiger partial charge in [0.15, 0.2) is 0 Å². The minimum Gasteiger partial charge on any atom is -0.313 e. The Morgan fingerprint density at radius 2 is 1.19 bits per heavy atom. The van der Waals surface area contributed by atoms with E-state index in [1.807, 2.05) is 12.2 Å². The van der Waals surface area contributed by atoms with Crippen LogP contribution in [0.1, 0.15) is 12.8 Å². The molecule has 0 heterocycles. The second-order valence-electron chi connectivity index (χ2n) is 3.76. The standard InChI is InChI=1S/C10H20N2.H4O7P2/c1-3-7-11-9-5-6-10-12-8-4-2;1-8(2,3)7-9(4,5)6/h3-4,11-12H,1-2,5-10H2;(H2,1,2,3)(H2,4,5,6). The van der Waals surface area contributed by atoms with Crippen LogP contribution in [0.3, 0.4) is 0 Å². The Labute approximate surface area is 124 Å². The van der Waals surface area contributed by atoms with Crippen molar-refractivity contribution in [3.63, 3.8) is 0 Å². The Bertz CT molecular complexity index is 332. The zero-order valence-corrected chi connectivity index (χ0v) is 13.5. The average molecular weight is 346 g/mol. The number of unbranched alkanes of at least 4 members (excludes halogenated alkanes) is 1. The third-order valence-electron chi connectivity index (χ3n) is 1.75. The van der Waals surface area contributed by atoms with Crippen LogP contribution in [-0.4, -0.2) is 45.8 Å². The maximum Gasteiger partial charge on any atom is 0.478 e. The van der Waals surface area contributed by atoms with Crippen LogP contribution < -0.4 is 10.6 Å². The Balaban J connectivity index is 0. The molecule has 0 aliphatic rings. The molecule has 0 amide bonds. The summed E-state index contributed by atoms with van der Waals surface area (Å²) in [6, 6.07) is 0. The minimum atomic E-state index is -5.05. The molecule has 21 heavy (non-hydrogen) atoms. The molecule has 0 radical (unpaired) electrons. The van der Waals surface area contributed by atoms with Crippen LogP contribution in [0.15, 0.2) is 25.3 Å². The van der Waals surface area contributed by atoms with E-state index >= 15 is 0 Å². The summed E-state index contributed by atoms with van der Waals surface area (Å²) in [5, 5.41) is 6.52. The van der Waals surface area contributed by atoms with Crippen molar-refractivity contribution in [1.29, 1.82) is 0 Å². The van der Waals surface area contributed by atoms with Crippen LogP contribution in [0.2, 0.25) is 0 Å². The lowest BCUT2D eigenvalue weighted by Gasteiger charge is -2.03. The highest BCUT2D eigenvalue weighted by Crippen LogP contribution is 2.53. The van der Waals surface area contributed by atoms with Gasteiger partial charge in [0, 0.05) is 13.1 Å². The predicted molar refractivity (Wildman–Crippen MR) is 80.5 cm³/mol. The van der Waals surface area contributed by atoms with Crippen LogP contribution in [-0.2, 0) is 13.4 Å². The van der Waals surface area contributed by atoms with E-state index in [0.29, 0.717) is 0 Å². The van der Waals surface area contributed by atoms with Crippen molar-refractivity contribution in [2.24, 2.45) is 0 Å². The largest absolute Gasteiger partial charge is 0.478 e. The molecular weight excluding hydrogens is 322 g/mol. The normalized spacial score (nSPS) is 11.4. The molecule has 0 bridgehead atoms. The van der Waals surface area contributed by atoms with Crippen LogP contribution in [0, 0.1) is 0 Å². The molecule has 0 spiro atoms. The van der Waals surface area contributed by atoms with E-state index in [4.69, 9.17) is 19.6 Å². The SMILES string of the molecule is C=CCNCCCCNCC=C.O=P(O)(O)OP(=O)(O)O. The highest BCUT2D eigenvalue weighted by atomic mass is 31.3. The van der Waals surface area contributed by atoms with Gasteiger partial charge in [0.2, 0.25) is 0 Å². The van der Waals surface area contributed by atoms with Crippen molar-refractivity contribution in [1.82, 2.24) is 10.6 Å². The molecule has 0 aliphatic carbocycles. The van der Waals surface area contributed by atoms with E-state index < -0.39 is 15.6 Å². The number of phosphoric acid groups is 2. The summed E-state index contributed by atoms with van der Waals surface area (Å²) in [5.74, 6) is 0. The molecule has 11 heteroatoms. The van der Waals surface area contributed by atoms with E-state index in [1.165, 1.54) is 12.8 Å². The summed E-state index contributed by atoms with van der Waals surface area (Å²) >= 11 is 0. The Kier molecular flexibility index (Phi) is 14.6. The molecule has 0 atom stereocenters. The van der Waals surface area contributed by atoms with Gasteiger partial charge in [-0.1, -0.05) is 12.2 Å².